The molecule has 0 spiro atoms. The molecule has 18 heavy (non-hydrogen) atoms. The van der Waals surface area contributed by atoms with Gasteiger partial charge in [-0.1, -0.05) is 5.16 Å². The maximum absolute atomic E-state index is 12.3. The van der Waals surface area contributed by atoms with Crippen LogP contribution in [0.2, 0.25) is 0 Å². The van der Waals surface area contributed by atoms with E-state index in [0.29, 0.717) is 13.0 Å². The number of amides is 1. The number of likely N-dealkylation sites (tertiary alicyclic amines) is 1. The molecule has 1 unspecified atom stereocenters. The third-order valence-electron chi connectivity index (χ3n) is 3.41. The first kappa shape index (κ1) is 14.8. The lowest BCUT2D eigenvalue weighted by atomic mass is 9.98. The van der Waals surface area contributed by atoms with Crippen molar-refractivity contribution < 1.29 is 14.7 Å². The summed E-state index contributed by atoms with van der Waals surface area (Å²) >= 11 is 0. The van der Waals surface area contributed by atoms with Gasteiger partial charge in [0.15, 0.2) is 5.84 Å². The summed E-state index contributed by atoms with van der Waals surface area (Å²) in [5.74, 6) is 0.0939. The maximum Gasteiger partial charge on any atom is 0.226 e. The number of hydrogen-bond acceptors (Lipinski definition) is 4. The average Bonchev–Trinajstić information content (AvgIpc) is 2.37. The minimum absolute atomic E-state index is 0.0156. The Morgan fingerprint density at radius 1 is 1.56 bits per heavy atom. The highest BCUT2D eigenvalue weighted by Gasteiger charge is 2.32. The molecule has 6 nitrogen and oxygen atoms in total. The molecule has 1 fully saturated rings. The summed E-state index contributed by atoms with van der Waals surface area (Å²) in [6.45, 7) is 4.39. The normalized spacial score (nSPS) is 22.1. The van der Waals surface area contributed by atoms with Gasteiger partial charge in [0.05, 0.1) is 18.1 Å². The number of rotatable bonds is 4. The van der Waals surface area contributed by atoms with Crippen LogP contribution in [0.4, 0.5) is 0 Å². The van der Waals surface area contributed by atoms with Crippen molar-refractivity contribution in [2.45, 2.75) is 51.2 Å². The zero-order valence-electron chi connectivity index (χ0n) is 11.3. The van der Waals surface area contributed by atoms with Crippen LogP contribution in [-0.4, -0.2) is 47.1 Å². The fraction of sp³-hybridized carbons (Fsp3) is 0.833. The zero-order chi connectivity index (χ0) is 13.8. The van der Waals surface area contributed by atoms with Gasteiger partial charge in [-0.3, -0.25) is 4.79 Å². The predicted molar refractivity (Wildman–Crippen MR) is 68.5 cm³/mol. The van der Waals surface area contributed by atoms with E-state index in [2.05, 4.69) is 5.16 Å². The molecule has 0 aromatic heterocycles. The lowest BCUT2D eigenvalue weighted by Gasteiger charge is -2.36. The quantitative estimate of drug-likeness (QED) is 0.339. The van der Waals surface area contributed by atoms with Crippen molar-refractivity contribution in [1.82, 2.24) is 4.90 Å². The Morgan fingerprint density at radius 2 is 2.22 bits per heavy atom. The van der Waals surface area contributed by atoms with Crippen molar-refractivity contribution in [3.8, 4) is 0 Å². The van der Waals surface area contributed by atoms with E-state index in [4.69, 9.17) is 15.7 Å². The predicted octanol–water partition coefficient (Wildman–Crippen LogP) is 0.929. The van der Waals surface area contributed by atoms with Gasteiger partial charge in [-0.2, -0.15) is 0 Å². The first-order valence-corrected chi connectivity index (χ1v) is 6.23. The van der Waals surface area contributed by atoms with Crippen LogP contribution in [0.3, 0.4) is 0 Å². The highest BCUT2D eigenvalue weighted by atomic mass is 16.5. The maximum atomic E-state index is 12.3. The largest absolute Gasteiger partial charge is 0.409 e. The summed E-state index contributed by atoms with van der Waals surface area (Å²) in [5.41, 5.74) is 5.15. The molecule has 0 aromatic carbocycles. The Kier molecular flexibility index (Phi) is 4.95. The number of nitrogens with two attached hydrogens (primary N) is 1. The number of oxime groups is 1. The van der Waals surface area contributed by atoms with Gasteiger partial charge in [-0.15, -0.1) is 0 Å². The molecule has 0 saturated carbocycles. The van der Waals surface area contributed by atoms with Gasteiger partial charge in [-0.25, -0.2) is 0 Å². The molecule has 1 saturated heterocycles. The van der Waals surface area contributed by atoms with Gasteiger partial charge in [0.2, 0.25) is 5.91 Å². The van der Waals surface area contributed by atoms with Crippen LogP contribution in [0, 0.1) is 0 Å². The summed E-state index contributed by atoms with van der Waals surface area (Å²) < 4.78 is 5.26. The molecule has 0 radical (unpaired) electrons. The summed E-state index contributed by atoms with van der Waals surface area (Å²) in [6, 6.07) is -0.288. The molecule has 104 valence electrons. The Balaban J connectivity index is 2.75. The molecule has 0 bridgehead atoms. The van der Waals surface area contributed by atoms with Crippen molar-refractivity contribution in [2.24, 2.45) is 10.9 Å². The van der Waals surface area contributed by atoms with E-state index in [0.717, 1.165) is 19.3 Å². The van der Waals surface area contributed by atoms with E-state index in [-0.39, 0.29) is 17.8 Å². The smallest absolute Gasteiger partial charge is 0.226 e. The fourth-order valence-electron chi connectivity index (χ4n) is 2.14. The number of amidine groups is 1. The van der Waals surface area contributed by atoms with Crippen LogP contribution in [0.15, 0.2) is 5.16 Å². The highest BCUT2D eigenvalue weighted by Crippen LogP contribution is 2.21. The van der Waals surface area contributed by atoms with Crippen molar-refractivity contribution in [2.75, 3.05) is 13.7 Å². The van der Waals surface area contributed by atoms with Gasteiger partial charge in [0.25, 0.3) is 0 Å². The molecule has 1 amide bonds. The lowest BCUT2D eigenvalue weighted by Crippen LogP contribution is -2.51. The third-order valence-corrected chi connectivity index (χ3v) is 3.41. The van der Waals surface area contributed by atoms with Gasteiger partial charge in [0.1, 0.15) is 0 Å². The second-order valence-corrected chi connectivity index (χ2v) is 5.26. The van der Waals surface area contributed by atoms with Crippen LogP contribution in [0.25, 0.3) is 0 Å². The van der Waals surface area contributed by atoms with E-state index < -0.39 is 5.60 Å². The van der Waals surface area contributed by atoms with Crippen molar-refractivity contribution in [3.63, 3.8) is 0 Å². The zero-order valence-corrected chi connectivity index (χ0v) is 11.3. The highest BCUT2D eigenvalue weighted by molar-refractivity contribution is 5.90. The number of carbonyl (C=O) groups excluding carboxylic acids is 1. The summed E-state index contributed by atoms with van der Waals surface area (Å²) in [4.78, 5) is 14.0. The van der Waals surface area contributed by atoms with Crippen molar-refractivity contribution in [3.05, 3.63) is 0 Å². The number of hydrogen-bond donors (Lipinski definition) is 2. The SMILES string of the molecule is COC(C)(C)CC(=O)N1CCCCC1C(N)=NO. The van der Waals surface area contributed by atoms with E-state index in [1.807, 2.05) is 13.8 Å². The molecule has 1 aliphatic heterocycles. The molecule has 1 atom stereocenters. The molecule has 6 heteroatoms. The van der Waals surface area contributed by atoms with Gasteiger partial charge in [0, 0.05) is 13.7 Å². The van der Waals surface area contributed by atoms with Gasteiger partial charge in [-0.05, 0) is 33.1 Å². The molecule has 0 aliphatic carbocycles. The lowest BCUT2D eigenvalue weighted by molar-refractivity contribution is -0.138. The minimum atomic E-state index is -0.496. The first-order chi connectivity index (χ1) is 8.41. The molecule has 1 aliphatic rings. The number of ether oxygens (including phenoxy) is 1. The summed E-state index contributed by atoms with van der Waals surface area (Å²) in [5, 5.41) is 11.8. The standard InChI is InChI=1S/C12H23N3O3/c1-12(2,18-3)8-10(16)15-7-5-4-6-9(15)11(13)14-17/h9,17H,4-8H2,1-3H3,(H2,13,14). The van der Waals surface area contributed by atoms with Crippen LogP contribution >= 0.6 is 0 Å². The van der Waals surface area contributed by atoms with Crippen molar-refractivity contribution in [1.29, 1.82) is 0 Å². The molecular weight excluding hydrogens is 234 g/mol. The van der Waals surface area contributed by atoms with E-state index >= 15 is 0 Å². The molecular formula is C12H23N3O3. The molecule has 1 heterocycles. The number of nitrogens with zero attached hydrogens (tertiary/aromatic N) is 2. The summed E-state index contributed by atoms with van der Waals surface area (Å²) in [7, 11) is 1.59. The van der Waals surface area contributed by atoms with Crippen LogP contribution in [0.1, 0.15) is 39.5 Å². The number of methoxy groups -OCH3 is 1. The average molecular weight is 257 g/mol. The van der Waals surface area contributed by atoms with Gasteiger partial charge >= 0.3 is 0 Å². The minimum Gasteiger partial charge on any atom is -0.409 e. The topological polar surface area (TPSA) is 88.2 Å². The van der Waals surface area contributed by atoms with Crippen molar-refractivity contribution >= 4 is 11.7 Å². The molecule has 3 N–H and O–H groups in total. The second kappa shape index (κ2) is 6.04. The van der Waals surface area contributed by atoms with Crippen LogP contribution in [0.5, 0.6) is 0 Å². The Labute approximate surface area is 108 Å². The Morgan fingerprint density at radius 3 is 2.78 bits per heavy atom. The number of carbonyl (C=O) groups is 1. The monoisotopic (exact) mass is 257 g/mol. The van der Waals surface area contributed by atoms with Crippen LogP contribution < -0.4 is 5.73 Å². The van der Waals surface area contributed by atoms with E-state index in [1.54, 1.807) is 12.0 Å². The van der Waals surface area contributed by atoms with Gasteiger partial charge < -0.3 is 20.6 Å². The molecule has 1 rings (SSSR count). The van der Waals surface area contributed by atoms with E-state index in [1.165, 1.54) is 0 Å². The fourth-order valence-corrected chi connectivity index (χ4v) is 2.14. The third kappa shape index (κ3) is 3.60. The first-order valence-electron chi connectivity index (χ1n) is 6.23. The number of piperidine rings is 1. The Bertz CT molecular complexity index is 329. The van der Waals surface area contributed by atoms with E-state index in [9.17, 15) is 4.79 Å². The van der Waals surface area contributed by atoms with Crippen LogP contribution in [-0.2, 0) is 9.53 Å². The second-order valence-electron chi connectivity index (χ2n) is 5.26. The molecule has 0 aromatic rings. The Hall–Kier alpha value is -1.30. The summed E-state index contributed by atoms with van der Waals surface area (Å²) in [6.07, 6.45) is 2.97.